The Hall–Kier alpha value is -4.31. The van der Waals surface area contributed by atoms with Gasteiger partial charge in [-0.2, -0.15) is 0 Å². The molecule has 0 fully saturated rings. The summed E-state index contributed by atoms with van der Waals surface area (Å²) in [6, 6.07) is 30.9. The second-order valence-corrected chi connectivity index (χ2v) is 9.98. The third-order valence-electron chi connectivity index (χ3n) is 7.60. The Morgan fingerprint density at radius 1 is 0.895 bits per heavy atom. The predicted molar refractivity (Wildman–Crippen MR) is 156 cm³/mol. The van der Waals surface area contributed by atoms with Crippen molar-refractivity contribution in [2.45, 2.75) is 40.3 Å². The van der Waals surface area contributed by atoms with E-state index in [2.05, 4.69) is 85.3 Å². The number of carbonyl (C=O) groups is 1. The summed E-state index contributed by atoms with van der Waals surface area (Å²) in [5.74, 6) is 0.674. The lowest BCUT2D eigenvalue weighted by molar-refractivity contribution is 0.0939. The first-order valence-corrected chi connectivity index (χ1v) is 13.1. The number of aromatic nitrogens is 1. The van der Waals surface area contributed by atoms with Crippen LogP contribution in [0.4, 0.5) is 0 Å². The molecular weight excluding hydrogens is 468 g/mol. The minimum Gasteiger partial charge on any atom is -0.496 e. The molecule has 0 saturated carbocycles. The lowest BCUT2D eigenvalue weighted by Gasteiger charge is -2.17. The van der Waals surface area contributed by atoms with Gasteiger partial charge in [-0.05, 0) is 79.8 Å². The monoisotopic (exact) mass is 502 g/mol. The summed E-state index contributed by atoms with van der Waals surface area (Å²) in [6.45, 7) is 9.19. The van der Waals surface area contributed by atoms with Gasteiger partial charge in [0.2, 0.25) is 0 Å². The average Bonchev–Trinajstić information content (AvgIpc) is 3.18. The first kappa shape index (κ1) is 25.3. The van der Waals surface area contributed by atoms with Crippen molar-refractivity contribution in [1.29, 1.82) is 0 Å². The summed E-state index contributed by atoms with van der Waals surface area (Å²) in [5, 5.41) is 4.24. The van der Waals surface area contributed by atoms with Crippen LogP contribution >= 0.6 is 0 Å². The number of benzene rings is 4. The summed E-state index contributed by atoms with van der Waals surface area (Å²) in [7, 11) is 1.65. The summed E-state index contributed by atoms with van der Waals surface area (Å²) < 4.78 is 7.81. The molecule has 5 aromatic rings. The second-order valence-electron chi connectivity index (χ2n) is 9.98. The van der Waals surface area contributed by atoms with Crippen molar-refractivity contribution >= 4 is 16.8 Å². The molecule has 0 aliphatic heterocycles. The quantitative estimate of drug-likeness (QED) is 0.247. The van der Waals surface area contributed by atoms with E-state index in [0.717, 1.165) is 28.8 Å². The van der Waals surface area contributed by atoms with E-state index in [-0.39, 0.29) is 11.9 Å². The van der Waals surface area contributed by atoms with E-state index >= 15 is 0 Å². The molecule has 38 heavy (non-hydrogen) atoms. The molecule has 1 heterocycles. The Balaban J connectivity index is 1.38. The van der Waals surface area contributed by atoms with Crippen LogP contribution in [0.5, 0.6) is 5.75 Å². The van der Waals surface area contributed by atoms with Gasteiger partial charge in [0.25, 0.3) is 5.91 Å². The third-order valence-corrected chi connectivity index (χ3v) is 7.60. The second kappa shape index (κ2) is 10.6. The molecule has 0 radical (unpaired) electrons. The maximum atomic E-state index is 13.2. The Bertz CT molecular complexity index is 1610. The fourth-order valence-corrected chi connectivity index (χ4v) is 5.25. The molecule has 1 aromatic heterocycles. The van der Waals surface area contributed by atoms with E-state index in [9.17, 15) is 4.79 Å². The lowest BCUT2D eigenvalue weighted by Crippen LogP contribution is -2.26. The predicted octanol–water partition coefficient (Wildman–Crippen LogP) is 7.78. The molecule has 5 rings (SSSR count). The number of para-hydroxylation sites is 1. The fraction of sp³-hybridized carbons (Fsp3) is 0.206. The first-order chi connectivity index (χ1) is 18.4. The fourth-order valence-electron chi connectivity index (χ4n) is 5.25. The molecule has 0 bridgehead atoms. The molecule has 1 N–H and O–H groups in total. The first-order valence-electron chi connectivity index (χ1n) is 13.1. The van der Waals surface area contributed by atoms with Gasteiger partial charge in [-0.3, -0.25) is 4.79 Å². The molecule has 4 aromatic carbocycles. The van der Waals surface area contributed by atoms with E-state index in [0.29, 0.717) is 5.56 Å². The maximum Gasteiger partial charge on any atom is 0.251 e. The number of methoxy groups -OCH3 is 1. The van der Waals surface area contributed by atoms with E-state index in [4.69, 9.17) is 4.74 Å². The summed E-state index contributed by atoms with van der Waals surface area (Å²) in [5.41, 5.74) is 10.2. The van der Waals surface area contributed by atoms with Crippen LogP contribution < -0.4 is 10.1 Å². The van der Waals surface area contributed by atoms with Crippen molar-refractivity contribution < 1.29 is 9.53 Å². The standard InChI is InChI=1S/C34H34N2O2/c1-22-10-6-7-11-29(22)27-16-14-26(15-17-27)21-36-25(4)23(2)31-20-28(18-19-32(31)36)34(37)35-24(3)30-12-8-9-13-33(30)38-5/h6-20,24H,21H2,1-5H3,(H,35,37)/t24-/m0/s1. The topological polar surface area (TPSA) is 43.3 Å². The van der Waals surface area contributed by atoms with Crippen molar-refractivity contribution in [2.75, 3.05) is 7.11 Å². The molecular formula is C34H34N2O2. The zero-order chi connectivity index (χ0) is 26.8. The summed E-state index contributed by atoms with van der Waals surface area (Å²) >= 11 is 0. The van der Waals surface area contributed by atoms with Gasteiger partial charge >= 0.3 is 0 Å². The minimum atomic E-state index is -0.176. The van der Waals surface area contributed by atoms with Crippen LogP contribution in [-0.2, 0) is 6.54 Å². The zero-order valence-corrected chi connectivity index (χ0v) is 22.7. The molecule has 0 saturated heterocycles. The van der Waals surface area contributed by atoms with E-state index in [1.54, 1.807) is 7.11 Å². The number of amides is 1. The lowest BCUT2D eigenvalue weighted by atomic mass is 9.99. The molecule has 0 spiro atoms. The Morgan fingerprint density at radius 2 is 1.61 bits per heavy atom. The van der Waals surface area contributed by atoms with Crippen molar-refractivity contribution in [1.82, 2.24) is 9.88 Å². The molecule has 0 aliphatic rings. The SMILES string of the molecule is COc1ccccc1[C@H](C)NC(=O)c1ccc2c(c1)c(C)c(C)n2Cc1ccc(-c2ccccc2C)cc1. The van der Waals surface area contributed by atoms with Gasteiger partial charge in [-0.25, -0.2) is 0 Å². The van der Waals surface area contributed by atoms with E-state index in [1.165, 1.54) is 33.5 Å². The van der Waals surface area contributed by atoms with E-state index < -0.39 is 0 Å². The number of rotatable bonds is 7. The van der Waals surface area contributed by atoms with Gasteiger partial charge in [-0.15, -0.1) is 0 Å². The number of nitrogens with one attached hydrogen (secondary N) is 1. The molecule has 4 nitrogen and oxygen atoms in total. The number of ether oxygens (including phenoxy) is 1. The number of aryl methyl sites for hydroxylation is 2. The molecule has 1 atom stereocenters. The number of nitrogens with zero attached hydrogens (tertiary/aromatic N) is 1. The van der Waals surface area contributed by atoms with Crippen LogP contribution in [0.25, 0.3) is 22.0 Å². The van der Waals surface area contributed by atoms with Crippen LogP contribution in [0.1, 0.15) is 51.3 Å². The summed E-state index contributed by atoms with van der Waals surface area (Å²) in [4.78, 5) is 13.2. The highest BCUT2D eigenvalue weighted by Crippen LogP contribution is 2.29. The Morgan fingerprint density at radius 3 is 2.34 bits per heavy atom. The number of carbonyl (C=O) groups excluding carboxylic acids is 1. The van der Waals surface area contributed by atoms with Gasteiger partial charge in [0, 0.05) is 34.3 Å². The number of hydrogen-bond donors (Lipinski definition) is 1. The van der Waals surface area contributed by atoms with Gasteiger partial charge in [0.05, 0.1) is 13.2 Å². The van der Waals surface area contributed by atoms with Gasteiger partial charge in [0.15, 0.2) is 0 Å². The van der Waals surface area contributed by atoms with Gasteiger partial charge in [-0.1, -0.05) is 66.7 Å². The Kier molecular flexibility index (Phi) is 7.06. The third kappa shape index (κ3) is 4.82. The normalized spacial score (nSPS) is 11.9. The molecule has 0 unspecified atom stereocenters. The average molecular weight is 503 g/mol. The van der Waals surface area contributed by atoms with Gasteiger partial charge in [0.1, 0.15) is 5.75 Å². The van der Waals surface area contributed by atoms with Crippen LogP contribution in [-0.4, -0.2) is 17.6 Å². The van der Waals surface area contributed by atoms with Crippen molar-refractivity contribution in [3.8, 4) is 16.9 Å². The van der Waals surface area contributed by atoms with Crippen LogP contribution in [0.3, 0.4) is 0 Å². The largest absolute Gasteiger partial charge is 0.496 e. The zero-order valence-electron chi connectivity index (χ0n) is 22.7. The smallest absolute Gasteiger partial charge is 0.251 e. The molecule has 4 heteroatoms. The Labute approximate surface area is 224 Å². The maximum absolute atomic E-state index is 13.2. The minimum absolute atomic E-state index is 0.0955. The molecule has 192 valence electrons. The number of hydrogen-bond acceptors (Lipinski definition) is 2. The van der Waals surface area contributed by atoms with Crippen LogP contribution in [0.2, 0.25) is 0 Å². The molecule has 1 amide bonds. The summed E-state index contributed by atoms with van der Waals surface area (Å²) in [6.07, 6.45) is 0. The van der Waals surface area contributed by atoms with Crippen LogP contribution in [0.15, 0.2) is 91.0 Å². The highest BCUT2D eigenvalue weighted by atomic mass is 16.5. The van der Waals surface area contributed by atoms with Crippen molar-refractivity contribution in [3.05, 3.63) is 125 Å². The van der Waals surface area contributed by atoms with E-state index in [1.807, 2.05) is 43.3 Å². The van der Waals surface area contributed by atoms with Crippen LogP contribution in [0, 0.1) is 20.8 Å². The van der Waals surface area contributed by atoms with Gasteiger partial charge < -0.3 is 14.6 Å². The highest BCUT2D eigenvalue weighted by molar-refractivity contribution is 5.99. The highest BCUT2D eigenvalue weighted by Gasteiger charge is 2.18. The number of fused-ring (bicyclic) bond motifs is 1. The van der Waals surface area contributed by atoms with Crippen molar-refractivity contribution in [3.63, 3.8) is 0 Å². The van der Waals surface area contributed by atoms with Crippen molar-refractivity contribution in [2.24, 2.45) is 0 Å². The molecule has 0 aliphatic carbocycles.